The van der Waals surface area contributed by atoms with E-state index >= 15 is 0 Å². The summed E-state index contributed by atoms with van der Waals surface area (Å²) in [6.07, 6.45) is 1.60. The molecule has 1 aromatic heterocycles. The number of aromatic nitrogens is 1. The lowest BCUT2D eigenvalue weighted by Gasteiger charge is -2.06. The predicted molar refractivity (Wildman–Crippen MR) is 71.7 cm³/mol. The maximum atomic E-state index is 5.78. The van der Waals surface area contributed by atoms with E-state index < -0.39 is 0 Å². The summed E-state index contributed by atoms with van der Waals surface area (Å²) in [6.45, 7) is 0. The smallest absolute Gasteiger partial charge is 0.131 e. The molecule has 2 aromatic rings. The summed E-state index contributed by atoms with van der Waals surface area (Å²) in [6, 6.07) is 10.5. The minimum atomic E-state index is 0.242. The minimum absolute atomic E-state index is 0.242. The van der Waals surface area contributed by atoms with Crippen LogP contribution in [0.15, 0.2) is 42.6 Å². The molecule has 1 heterocycles. The molecular formula is C12H9ClN2OS. The Morgan fingerprint density at radius 2 is 1.88 bits per heavy atom. The Kier molecular flexibility index (Phi) is 3.56. The maximum Gasteiger partial charge on any atom is 0.131 e. The zero-order chi connectivity index (χ0) is 12.3. The van der Waals surface area contributed by atoms with Crippen molar-refractivity contribution in [3.05, 3.63) is 53.3 Å². The third kappa shape index (κ3) is 3.15. The molecule has 0 amide bonds. The van der Waals surface area contributed by atoms with Gasteiger partial charge in [-0.3, -0.25) is 4.98 Å². The largest absolute Gasteiger partial charge is 0.457 e. The van der Waals surface area contributed by atoms with Crippen molar-refractivity contribution >= 4 is 28.8 Å². The number of hydrogen-bond donors (Lipinski definition) is 1. The van der Waals surface area contributed by atoms with Crippen molar-refractivity contribution in [1.82, 2.24) is 4.98 Å². The van der Waals surface area contributed by atoms with Crippen molar-refractivity contribution in [2.24, 2.45) is 5.73 Å². The molecule has 0 aliphatic carbocycles. The molecule has 1 aromatic carbocycles. The monoisotopic (exact) mass is 264 g/mol. The number of pyridine rings is 1. The fraction of sp³-hybridized carbons (Fsp3) is 0. The summed E-state index contributed by atoms with van der Waals surface area (Å²) >= 11 is 10.6. The highest BCUT2D eigenvalue weighted by Gasteiger charge is 2.02. The second-order valence-corrected chi connectivity index (χ2v) is 4.17. The zero-order valence-corrected chi connectivity index (χ0v) is 10.3. The van der Waals surface area contributed by atoms with E-state index in [0.717, 1.165) is 0 Å². The molecule has 0 bridgehead atoms. The highest BCUT2D eigenvalue weighted by atomic mass is 35.5. The standard InChI is InChI=1S/C12H9ClN2OS/c13-8-1-3-9(4-2-8)16-10-5-6-15-11(7-10)12(14)17/h1-7H,(H2,14,17). The summed E-state index contributed by atoms with van der Waals surface area (Å²) < 4.78 is 5.61. The Morgan fingerprint density at radius 1 is 1.18 bits per heavy atom. The van der Waals surface area contributed by atoms with Gasteiger partial charge < -0.3 is 10.5 Å². The normalized spacial score (nSPS) is 9.94. The lowest BCUT2D eigenvalue weighted by atomic mass is 10.3. The van der Waals surface area contributed by atoms with Gasteiger partial charge >= 0.3 is 0 Å². The van der Waals surface area contributed by atoms with E-state index in [1.807, 2.05) is 0 Å². The van der Waals surface area contributed by atoms with E-state index in [1.54, 1.807) is 42.6 Å². The lowest BCUT2D eigenvalue weighted by molar-refractivity contribution is 0.482. The van der Waals surface area contributed by atoms with E-state index in [2.05, 4.69) is 4.98 Å². The van der Waals surface area contributed by atoms with E-state index in [0.29, 0.717) is 22.2 Å². The molecule has 5 heteroatoms. The van der Waals surface area contributed by atoms with Crippen LogP contribution in [0.25, 0.3) is 0 Å². The van der Waals surface area contributed by atoms with E-state index in [-0.39, 0.29) is 4.99 Å². The molecule has 0 saturated heterocycles. The van der Waals surface area contributed by atoms with Crippen molar-refractivity contribution in [3.63, 3.8) is 0 Å². The Morgan fingerprint density at radius 3 is 2.53 bits per heavy atom. The first-order valence-electron chi connectivity index (χ1n) is 4.84. The number of nitrogens with zero attached hydrogens (tertiary/aromatic N) is 1. The Bertz CT molecular complexity index is 542. The first-order valence-corrected chi connectivity index (χ1v) is 5.63. The van der Waals surface area contributed by atoms with Crippen LogP contribution in [0.2, 0.25) is 5.02 Å². The van der Waals surface area contributed by atoms with Gasteiger partial charge in [0.25, 0.3) is 0 Å². The first kappa shape index (κ1) is 11.8. The van der Waals surface area contributed by atoms with Gasteiger partial charge in [-0.15, -0.1) is 0 Å². The number of halogens is 1. The van der Waals surface area contributed by atoms with Gasteiger partial charge in [-0.05, 0) is 30.3 Å². The Labute approximate surface area is 109 Å². The molecule has 3 nitrogen and oxygen atoms in total. The van der Waals surface area contributed by atoms with Crippen molar-refractivity contribution in [2.75, 3.05) is 0 Å². The van der Waals surface area contributed by atoms with Crippen LogP contribution < -0.4 is 10.5 Å². The fourth-order valence-electron chi connectivity index (χ4n) is 1.25. The predicted octanol–water partition coefficient (Wildman–Crippen LogP) is 3.16. The number of hydrogen-bond acceptors (Lipinski definition) is 3. The van der Waals surface area contributed by atoms with Crippen LogP contribution in [0.3, 0.4) is 0 Å². The van der Waals surface area contributed by atoms with Gasteiger partial charge in [0.15, 0.2) is 0 Å². The molecule has 86 valence electrons. The summed E-state index contributed by atoms with van der Waals surface area (Å²) in [5.41, 5.74) is 6.03. The second kappa shape index (κ2) is 5.12. The lowest BCUT2D eigenvalue weighted by Crippen LogP contribution is -2.11. The van der Waals surface area contributed by atoms with Gasteiger partial charge in [-0.25, -0.2) is 0 Å². The van der Waals surface area contributed by atoms with Crippen LogP contribution in [0.1, 0.15) is 5.69 Å². The topological polar surface area (TPSA) is 48.1 Å². The van der Waals surface area contributed by atoms with Gasteiger partial charge in [0, 0.05) is 17.3 Å². The zero-order valence-electron chi connectivity index (χ0n) is 8.76. The van der Waals surface area contributed by atoms with Gasteiger partial charge in [-0.2, -0.15) is 0 Å². The van der Waals surface area contributed by atoms with Gasteiger partial charge in [0.05, 0.1) is 0 Å². The third-order valence-corrected chi connectivity index (χ3v) is 2.49. The van der Waals surface area contributed by atoms with Crippen LogP contribution >= 0.6 is 23.8 Å². The van der Waals surface area contributed by atoms with Crippen molar-refractivity contribution in [2.45, 2.75) is 0 Å². The van der Waals surface area contributed by atoms with E-state index in [4.69, 9.17) is 34.3 Å². The molecule has 0 aliphatic heterocycles. The summed E-state index contributed by atoms with van der Waals surface area (Å²) in [4.78, 5) is 4.27. The van der Waals surface area contributed by atoms with Crippen molar-refractivity contribution in [1.29, 1.82) is 0 Å². The van der Waals surface area contributed by atoms with Gasteiger partial charge in [0.1, 0.15) is 22.2 Å². The third-order valence-electron chi connectivity index (χ3n) is 2.03. The Balaban J connectivity index is 2.21. The summed E-state index contributed by atoms with van der Waals surface area (Å²) in [5.74, 6) is 1.32. The maximum absolute atomic E-state index is 5.78. The average Bonchev–Trinajstić information content (AvgIpc) is 2.32. The molecule has 2 N–H and O–H groups in total. The highest BCUT2D eigenvalue weighted by molar-refractivity contribution is 7.80. The van der Waals surface area contributed by atoms with E-state index in [9.17, 15) is 0 Å². The average molecular weight is 265 g/mol. The number of ether oxygens (including phenoxy) is 1. The van der Waals surface area contributed by atoms with E-state index in [1.165, 1.54) is 0 Å². The molecular weight excluding hydrogens is 256 g/mol. The summed E-state index contributed by atoms with van der Waals surface area (Å²) in [5, 5.41) is 0.663. The highest BCUT2D eigenvalue weighted by Crippen LogP contribution is 2.22. The van der Waals surface area contributed by atoms with Crippen LogP contribution in [0.4, 0.5) is 0 Å². The first-order chi connectivity index (χ1) is 8.15. The van der Waals surface area contributed by atoms with Crippen molar-refractivity contribution in [3.8, 4) is 11.5 Å². The molecule has 0 aliphatic rings. The molecule has 0 saturated carbocycles. The Hall–Kier alpha value is -1.65. The molecule has 0 spiro atoms. The molecule has 0 unspecified atom stereocenters. The van der Waals surface area contributed by atoms with Crippen LogP contribution in [-0.2, 0) is 0 Å². The molecule has 0 atom stereocenters. The second-order valence-electron chi connectivity index (χ2n) is 3.30. The number of nitrogens with two attached hydrogens (primary N) is 1. The summed E-state index contributed by atoms with van der Waals surface area (Å²) in [7, 11) is 0. The van der Waals surface area contributed by atoms with Gasteiger partial charge in [0.2, 0.25) is 0 Å². The fourth-order valence-corrected chi connectivity index (χ4v) is 1.49. The quantitative estimate of drug-likeness (QED) is 0.865. The van der Waals surface area contributed by atoms with Gasteiger partial charge in [-0.1, -0.05) is 23.8 Å². The van der Waals surface area contributed by atoms with Crippen molar-refractivity contribution < 1.29 is 4.74 Å². The molecule has 0 fully saturated rings. The number of thiocarbonyl (C=S) groups is 1. The molecule has 17 heavy (non-hydrogen) atoms. The minimum Gasteiger partial charge on any atom is -0.457 e. The SMILES string of the molecule is NC(=S)c1cc(Oc2ccc(Cl)cc2)ccn1. The molecule has 0 radical (unpaired) electrons. The number of benzene rings is 1. The van der Waals surface area contributed by atoms with Crippen LogP contribution in [-0.4, -0.2) is 9.97 Å². The van der Waals surface area contributed by atoms with Crippen LogP contribution in [0, 0.1) is 0 Å². The number of rotatable bonds is 3. The van der Waals surface area contributed by atoms with Crippen LogP contribution in [0.5, 0.6) is 11.5 Å². The molecule has 2 rings (SSSR count).